The van der Waals surface area contributed by atoms with E-state index < -0.39 is 0 Å². The number of amides is 2. The van der Waals surface area contributed by atoms with Crippen molar-refractivity contribution in [3.8, 4) is 0 Å². The lowest BCUT2D eigenvalue weighted by Crippen LogP contribution is -2.45. The second-order valence-corrected chi connectivity index (χ2v) is 6.71. The molecule has 1 heterocycles. The first-order valence-electron chi connectivity index (χ1n) is 9.52. The molecule has 6 heteroatoms. The molecule has 1 N–H and O–H groups in total. The van der Waals surface area contributed by atoms with Crippen LogP contribution in [0.4, 0.5) is 4.39 Å². The molecular weight excluding hydrogens is 335 g/mol. The van der Waals surface area contributed by atoms with Crippen LogP contribution in [0.15, 0.2) is 24.3 Å². The van der Waals surface area contributed by atoms with Crippen LogP contribution in [0.1, 0.15) is 49.4 Å². The highest BCUT2D eigenvalue weighted by Crippen LogP contribution is 2.19. The number of hydrogen-bond acceptors (Lipinski definition) is 3. The van der Waals surface area contributed by atoms with Crippen molar-refractivity contribution in [2.75, 3.05) is 32.8 Å². The molecule has 0 radical (unpaired) electrons. The summed E-state index contributed by atoms with van der Waals surface area (Å²) in [4.78, 5) is 26.6. The van der Waals surface area contributed by atoms with Gasteiger partial charge in [0.1, 0.15) is 5.82 Å². The van der Waals surface area contributed by atoms with Crippen molar-refractivity contribution in [3.63, 3.8) is 0 Å². The summed E-state index contributed by atoms with van der Waals surface area (Å²) in [7, 11) is 0. The minimum atomic E-state index is -0.365. The minimum Gasteiger partial charge on any atom is -0.381 e. The van der Waals surface area contributed by atoms with Gasteiger partial charge in [-0.25, -0.2) is 4.39 Å². The fourth-order valence-electron chi connectivity index (χ4n) is 3.03. The number of unbranched alkanes of at least 4 members (excludes halogenated alkanes) is 1. The van der Waals surface area contributed by atoms with Crippen molar-refractivity contribution < 1.29 is 18.7 Å². The van der Waals surface area contributed by atoms with Gasteiger partial charge in [0, 0.05) is 38.4 Å². The van der Waals surface area contributed by atoms with Gasteiger partial charge in [-0.15, -0.1) is 0 Å². The molecule has 0 aromatic heterocycles. The number of piperidine rings is 1. The van der Waals surface area contributed by atoms with Crippen LogP contribution in [0.5, 0.6) is 0 Å². The molecule has 1 aromatic carbocycles. The zero-order valence-corrected chi connectivity index (χ0v) is 15.5. The summed E-state index contributed by atoms with van der Waals surface area (Å²) in [6.45, 7) is 5.18. The molecule has 0 bridgehead atoms. The van der Waals surface area contributed by atoms with Gasteiger partial charge in [0.25, 0.3) is 5.91 Å². The van der Waals surface area contributed by atoms with Gasteiger partial charge in [0.15, 0.2) is 0 Å². The second-order valence-electron chi connectivity index (χ2n) is 6.71. The van der Waals surface area contributed by atoms with Gasteiger partial charge in [-0.2, -0.15) is 0 Å². The van der Waals surface area contributed by atoms with Crippen molar-refractivity contribution in [3.05, 3.63) is 35.6 Å². The second kappa shape index (κ2) is 10.9. The first-order chi connectivity index (χ1) is 12.6. The number of halogens is 1. The molecule has 1 atom stereocenters. The third-order valence-corrected chi connectivity index (χ3v) is 4.58. The van der Waals surface area contributed by atoms with Gasteiger partial charge in [-0.05, 0) is 49.9 Å². The lowest BCUT2D eigenvalue weighted by Gasteiger charge is -2.32. The number of carbonyl (C=O) groups excluding carboxylic acids is 2. The number of nitrogens with one attached hydrogen (secondary N) is 1. The average Bonchev–Trinajstić information content (AvgIpc) is 2.67. The van der Waals surface area contributed by atoms with Crippen molar-refractivity contribution in [1.82, 2.24) is 10.2 Å². The fraction of sp³-hybridized carbons (Fsp3) is 0.600. The van der Waals surface area contributed by atoms with Crippen LogP contribution in [0.3, 0.4) is 0 Å². The summed E-state index contributed by atoms with van der Waals surface area (Å²) in [5.41, 5.74) is 0.455. The normalized spacial score (nSPS) is 17.2. The van der Waals surface area contributed by atoms with Gasteiger partial charge in [0.2, 0.25) is 5.91 Å². The van der Waals surface area contributed by atoms with E-state index >= 15 is 0 Å². The molecule has 0 aliphatic carbocycles. The molecule has 5 nitrogen and oxygen atoms in total. The Bertz CT molecular complexity index is 577. The molecule has 1 fully saturated rings. The molecule has 1 unspecified atom stereocenters. The summed E-state index contributed by atoms with van der Waals surface area (Å²) in [6.07, 6.45) is 4.55. The van der Waals surface area contributed by atoms with Crippen molar-refractivity contribution in [1.29, 1.82) is 0 Å². The van der Waals surface area contributed by atoms with Crippen LogP contribution in [0, 0.1) is 11.7 Å². The number of ether oxygens (including phenoxy) is 1. The van der Waals surface area contributed by atoms with Gasteiger partial charge in [-0.3, -0.25) is 9.59 Å². The maximum Gasteiger partial charge on any atom is 0.253 e. The zero-order chi connectivity index (χ0) is 18.8. The van der Waals surface area contributed by atoms with E-state index in [1.54, 1.807) is 4.90 Å². The maximum atomic E-state index is 13.0. The van der Waals surface area contributed by atoms with Crippen molar-refractivity contribution >= 4 is 11.8 Å². The molecule has 144 valence electrons. The van der Waals surface area contributed by atoms with E-state index in [9.17, 15) is 14.0 Å². The maximum absolute atomic E-state index is 13.0. The molecule has 1 aromatic rings. The van der Waals surface area contributed by atoms with Gasteiger partial charge in [-0.1, -0.05) is 13.3 Å². The standard InChI is InChI=1S/C20H29FN2O3/c1-2-3-13-26-14-5-11-22-19(24)17-6-4-12-23(15-17)20(25)16-7-9-18(21)10-8-16/h7-10,17H,2-6,11-15H2,1H3,(H,22,24). The number of carbonyl (C=O) groups is 2. The Kier molecular flexibility index (Phi) is 8.54. The Balaban J connectivity index is 1.73. The third-order valence-electron chi connectivity index (χ3n) is 4.58. The molecule has 1 aliphatic rings. The Morgan fingerprint density at radius 1 is 1.23 bits per heavy atom. The van der Waals surface area contributed by atoms with Crippen LogP contribution in [0.25, 0.3) is 0 Å². The lowest BCUT2D eigenvalue weighted by molar-refractivity contribution is -0.126. The van der Waals surface area contributed by atoms with Gasteiger partial charge < -0.3 is 15.0 Å². The van der Waals surface area contributed by atoms with E-state index in [1.807, 2.05) is 0 Å². The summed E-state index contributed by atoms with van der Waals surface area (Å²) in [5, 5.41) is 2.94. The Labute approximate surface area is 154 Å². The third kappa shape index (κ3) is 6.41. The Morgan fingerprint density at radius 2 is 1.96 bits per heavy atom. The van der Waals surface area contributed by atoms with E-state index in [0.29, 0.717) is 31.8 Å². The number of hydrogen-bond donors (Lipinski definition) is 1. The Hall–Kier alpha value is -1.95. The molecule has 1 saturated heterocycles. The highest BCUT2D eigenvalue weighted by atomic mass is 19.1. The predicted octanol–water partition coefficient (Wildman–Crippen LogP) is 3.00. The first-order valence-corrected chi connectivity index (χ1v) is 9.52. The average molecular weight is 364 g/mol. The van der Waals surface area contributed by atoms with Gasteiger partial charge in [0.05, 0.1) is 5.92 Å². The molecule has 1 aliphatic heterocycles. The smallest absolute Gasteiger partial charge is 0.253 e. The molecule has 0 saturated carbocycles. The summed E-state index contributed by atoms with van der Waals surface area (Å²) in [6, 6.07) is 5.54. The van der Waals surface area contributed by atoms with E-state index in [4.69, 9.17) is 4.74 Å². The summed E-state index contributed by atoms with van der Waals surface area (Å²) in [5.74, 6) is -0.702. The van der Waals surface area contributed by atoms with Crippen LogP contribution >= 0.6 is 0 Å². The molecule has 26 heavy (non-hydrogen) atoms. The molecule has 2 rings (SSSR count). The lowest BCUT2D eigenvalue weighted by atomic mass is 9.96. The molecular formula is C20H29FN2O3. The molecule has 2 amide bonds. The highest BCUT2D eigenvalue weighted by molar-refractivity contribution is 5.94. The minimum absolute atomic E-state index is 0.00448. The topological polar surface area (TPSA) is 58.6 Å². The zero-order valence-electron chi connectivity index (χ0n) is 15.5. The monoisotopic (exact) mass is 364 g/mol. The van der Waals surface area contributed by atoms with E-state index in [1.165, 1.54) is 24.3 Å². The fourth-order valence-corrected chi connectivity index (χ4v) is 3.03. The quantitative estimate of drug-likeness (QED) is 0.685. The van der Waals surface area contributed by atoms with Crippen molar-refractivity contribution in [2.45, 2.75) is 39.0 Å². The number of likely N-dealkylation sites (tertiary alicyclic amines) is 1. The van der Waals surface area contributed by atoms with Gasteiger partial charge >= 0.3 is 0 Å². The van der Waals surface area contributed by atoms with Crippen LogP contribution in [-0.4, -0.2) is 49.6 Å². The number of nitrogens with zero attached hydrogens (tertiary/aromatic N) is 1. The predicted molar refractivity (Wildman–Crippen MR) is 98.4 cm³/mol. The van der Waals surface area contributed by atoms with Crippen LogP contribution in [-0.2, 0) is 9.53 Å². The molecule has 0 spiro atoms. The van der Waals surface area contributed by atoms with E-state index in [0.717, 1.165) is 38.7 Å². The number of rotatable bonds is 9. The highest BCUT2D eigenvalue weighted by Gasteiger charge is 2.28. The van der Waals surface area contributed by atoms with E-state index in [-0.39, 0.29) is 23.5 Å². The largest absolute Gasteiger partial charge is 0.381 e. The SMILES string of the molecule is CCCCOCCCNC(=O)C1CCCN(C(=O)c2ccc(F)cc2)C1. The number of benzene rings is 1. The van der Waals surface area contributed by atoms with Crippen molar-refractivity contribution in [2.24, 2.45) is 5.92 Å². The van der Waals surface area contributed by atoms with Crippen LogP contribution < -0.4 is 5.32 Å². The Morgan fingerprint density at radius 3 is 2.69 bits per heavy atom. The summed E-state index contributed by atoms with van der Waals surface area (Å²) >= 11 is 0. The van der Waals surface area contributed by atoms with E-state index in [2.05, 4.69) is 12.2 Å². The van der Waals surface area contributed by atoms with Crippen LogP contribution in [0.2, 0.25) is 0 Å². The first kappa shape index (κ1) is 20.4. The summed E-state index contributed by atoms with van der Waals surface area (Å²) < 4.78 is 18.5.